The zero-order chi connectivity index (χ0) is 7.70. The summed E-state index contributed by atoms with van der Waals surface area (Å²) in [5.41, 5.74) is 0. The van der Waals surface area contributed by atoms with E-state index >= 15 is 0 Å². The summed E-state index contributed by atoms with van der Waals surface area (Å²) >= 11 is 0.750. The van der Waals surface area contributed by atoms with Crippen molar-refractivity contribution in [1.29, 1.82) is 0 Å². The topological polar surface area (TPSA) is 20.3 Å². The zero-order valence-electron chi connectivity index (χ0n) is 6.48. The van der Waals surface area contributed by atoms with Crippen LogP contribution in [0.15, 0.2) is 0 Å². The van der Waals surface area contributed by atoms with E-state index in [1.807, 2.05) is 0 Å². The van der Waals surface area contributed by atoms with Gasteiger partial charge in [-0.1, -0.05) is 20.8 Å². The first-order chi connectivity index (χ1) is 4.35. The van der Waals surface area contributed by atoms with Crippen LogP contribution in [-0.4, -0.2) is 24.5 Å². The Bertz CT molecular complexity index is 42.8. The van der Waals surface area contributed by atoms with Crippen molar-refractivity contribution in [2.75, 3.05) is 19.6 Å². The Morgan fingerprint density at radius 2 is 1.22 bits per heavy atom. The van der Waals surface area contributed by atoms with Crippen molar-refractivity contribution < 1.29 is 23.7 Å². The van der Waals surface area contributed by atoms with Crippen LogP contribution in [0, 0.1) is 0 Å². The summed E-state index contributed by atoms with van der Waals surface area (Å²) in [4.78, 5) is 2.38. The summed E-state index contributed by atoms with van der Waals surface area (Å²) in [6.45, 7) is 10.1. The van der Waals surface area contributed by atoms with E-state index in [9.17, 15) is 0 Å². The average Bonchev–Trinajstić information content (AvgIpc) is 1.96. The fraction of sp³-hybridized carbons (Fsp3) is 1.00. The van der Waals surface area contributed by atoms with Crippen LogP contribution in [0.3, 0.4) is 0 Å². The summed E-state index contributed by atoms with van der Waals surface area (Å²) in [5, 5.41) is 0. The van der Waals surface area contributed by atoms with Crippen molar-refractivity contribution in [2.45, 2.75) is 20.8 Å². The van der Waals surface area contributed by atoms with E-state index in [1.54, 1.807) is 0 Å². The third-order valence-electron chi connectivity index (χ3n) is 1.34. The van der Waals surface area contributed by atoms with Crippen LogP contribution in [0.1, 0.15) is 20.8 Å². The van der Waals surface area contributed by atoms with Gasteiger partial charge in [0.2, 0.25) is 0 Å². The molecule has 0 atom stereocenters. The molecule has 0 bridgehead atoms. The maximum atomic E-state index is 8.25. The predicted octanol–water partition coefficient (Wildman–Crippen LogP) is 1.23. The molecule has 0 aliphatic rings. The first-order valence-corrected chi connectivity index (χ1v) is 3.91. The minimum absolute atomic E-state index is 0.750. The molecule has 0 radical (unpaired) electrons. The van der Waals surface area contributed by atoms with E-state index in [4.69, 9.17) is 3.32 Å². The molecule has 0 aromatic rings. The van der Waals surface area contributed by atoms with Crippen molar-refractivity contribution in [2.24, 2.45) is 0 Å². The fourth-order valence-electron chi connectivity index (χ4n) is 0.671. The van der Waals surface area contributed by atoms with Crippen molar-refractivity contribution in [3.05, 3.63) is 0 Å². The van der Waals surface area contributed by atoms with Gasteiger partial charge >= 0.3 is 23.7 Å². The van der Waals surface area contributed by atoms with Gasteiger partial charge in [0.15, 0.2) is 0 Å². The first-order valence-electron chi connectivity index (χ1n) is 3.27. The molecular formula is C6H15NOTi. The number of nitrogens with zero attached hydrogens (tertiary/aromatic N) is 1. The fourth-order valence-corrected chi connectivity index (χ4v) is 0.671. The van der Waals surface area contributed by atoms with Crippen molar-refractivity contribution in [3.8, 4) is 0 Å². The van der Waals surface area contributed by atoms with Gasteiger partial charge in [0.25, 0.3) is 0 Å². The molecule has 0 aromatic carbocycles. The van der Waals surface area contributed by atoms with E-state index in [2.05, 4.69) is 25.7 Å². The molecule has 0 aliphatic carbocycles. The molecule has 0 aromatic heterocycles. The Morgan fingerprint density at radius 1 is 1.00 bits per heavy atom. The molecule has 54 valence electrons. The Balaban J connectivity index is 0. The average molecular weight is 165 g/mol. The van der Waals surface area contributed by atoms with E-state index in [0.717, 1.165) is 20.4 Å². The van der Waals surface area contributed by atoms with Gasteiger partial charge < -0.3 is 4.90 Å². The summed E-state index contributed by atoms with van der Waals surface area (Å²) < 4.78 is 8.25. The van der Waals surface area contributed by atoms with E-state index in [-0.39, 0.29) is 0 Å². The van der Waals surface area contributed by atoms with Gasteiger partial charge in [-0.25, -0.2) is 0 Å². The SMILES string of the molecule is CCN(CC)CC.[O]=[Ti]. The predicted molar refractivity (Wildman–Crippen MR) is 34.1 cm³/mol. The molecule has 0 spiro atoms. The van der Waals surface area contributed by atoms with Gasteiger partial charge in [0, 0.05) is 0 Å². The standard InChI is InChI=1S/C6H15N.O.Ti/c1-4-7(5-2)6-3;;/h4-6H2,1-3H3;;. The normalized spacial score (nSPS) is 8.33. The second-order valence-corrected chi connectivity index (χ2v) is 1.62. The van der Waals surface area contributed by atoms with Gasteiger partial charge in [0.05, 0.1) is 0 Å². The molecular weight excluding hydrogens is 150 g/mol. The summed E-state index contributed by atoms with van der Waals surface area (Å²) in [7, 11) is 0. The molecule has 2 nitrogen and oxygen atoms in total. The third kappa shape index (κ3) is 8.47. The summed E-state index contributed by atoms with van der Waals surface area (Å²) in [5.74, 6) is 0. The summed E-state index contributed by atoms with van der Waals surface area (Å²) in [6, 6.07) is 0. The molecule has 3 heteroatoms. The molecule has 0 aliphatic heterocycles. The first kappa shape index (κ1) is 12.2. The monoisotopic (exact) mass is 165 g/mol. The molecule has 0 fully saturated rings. The van der Waals surface area contributed by atoms with Gasteiger partial charge in [0.1, 0.15) is 0 Å². The van der Waals surface area contributed by atoms with Gasteiger partial charge in [-0.05, 0) is 19.6 Å². The molecule has 0 amide bonds. The molecule has 0 rings (SSSR count). The molecule has 9 heavy (non-hydrogen) atoms. The summed E-state index contributed by atoms with van der Waals surface area (Å²) in [6.07, 6.45) is 0. The Hall–Kier alpha value is 0.474. The van der Waals surface area contributed by atoms with Crippen LogP contribution in [0.5, 0.6) is 0 Å². The molecule has 0 saturated carbocycles. The number of rotatable bonds is 3. The van der Waals surface area contributed by atoms with E-state index in [0.29, 0.717) is 0 Å². The van der Waals surface area contributed by atoms with Crippen LogP contribution in [0.2, 0.25) is 0 Å². The molecule has 0 saturated heterocycles. The Morgan fingerprint density at radius 3 is 1.22 bits per heavy atom. The van der Waals surface area contributed by atoms with Crippen molar-refractivity contribution in [1.82, 2.24) is 4.90 Å². The van der Waals surface area contributed by atoms with Gasteiger partial charge in [-0.15, -0.1) is 0 Å². The second-order valence-electron chi connectivity index (χ2n) is 1.62. The quantitative estimate of drug-likeness (QED) is 0.586. The van der Waals surface area contributed by atoms with Crippen LogP contribution in [0.25, 0.3) is 0 Å². The third-order valence-corrected chi connectivity index (χ3v) is 1.34. The number of hydrogen-bond donors (Lipinski definition) is 0. The van der Waals surface area contributed by atoms with Crippen LogP contribution < -0.4 is 0 Å². The molecule has 0 unspecified atom stereocenters. The second kappa shape index (κ2) is 11.3. The van der Waals surface area contributed by atoms with Gasteiger partial charge in [-0.2, -0.15) is 0 Å². The van der Waals surface area contributed by atoms with Crippen LogP contribution in [0.4, 0.5) is 0 Å². The Labute approximate surface area is 69.3 Å². The van der Waals surface area contributed by atoms with E-state index in [1.165, 1.54) is 19.6 Å². The van der Waals surface area contributed by atoms with Crippen molar-refractivity contribution >= 4 is 0 Å². The molecule has 0 heterocycles. The van der Waals surface area contributed by atoms with Crippen LogP contribution in [-0.2, 0) is 23.7 Å². The maximum absolute atomic E-state index is 8.25. The van der Waals surface area contributed by atoms with Crippen LogP contribution >= 0.6 is 0 Å². The Kier molecular flexibility index (Phi) is 15.3. The minimum atomic E-state index is 0.750. The van der Waals surface area contributed by atoms with E-state index < -0.39 is 0 Å². The molecule has 0 N–H and O–H groups in total. The van der Waals surface area contributed by atoms with Gasteiger partial charge in [-0.3, -0.25) is 0 Å². The van der Waals surface area contributed by atoms with Crippen molar-refractivity contribution in [3.63, 3.8) is 0 Å². The zero-order valence-corrected chi connectivity index (χ0v) is 8.04. The number of hydrogen-bond acceptors (Lipinski definition) is 2.